The van der Waals surface area contributed by atoms with E-state index in [0.29, 0.717) is 54.9 Å². The first-order valence-electron chi connectivity index (χ1n) is 34.1. The first-order valence-corrected chi connectivity index (χ1v) is 34.1. The molecule has 0 radical (unpaired) electrons. The van der Waals surface area contributed by atoms with Gasteiger partial charge in [-0.1, -0.05) is 91.8 Å². The zero-order valence-electron chi connectivity index (χ0n) is 61.3. The lowest BCUT2D eigenvalue weighted by molar-refractivity contribution is -0.389. The molecule has 1 fully saturated rings. The van der Waals surface area contributed by atoms with Gasteiger partial charge in [0.25, 0.3) is 28.2 Å². The lowest BCUT2D eigenvalue weighted by Crippen LogP contribution is -2.43. The van der Waals surface area contributed by atoms with Crippen molar-refractivity contribution in [2.45, 2.75) is 112 Å². The Labute approximate surface area is 609 Å². The van der Waals surface area contributed by atoms with Crippen LogP contribution in [0.25, 0.3) is 43.4 Å². The van der Waals surface area contributed by atoms with Crippen molar-refractivity contribution in [1.82, 2.24) is 58.0 Å². The van der Waals surface area contributed by atoms with Gasteiger partial charge in [0.2, 0.25) is 18.1 Å². The molecule has 3 atom stereocenters. The fraction of sp³-hybridized carbons (Fsp3) is 0.397. The minimum Gasteiger partial charge on any atom is -0.394 e. The third kappa shape index (κ3) is 24.0. The predicted molar refractivity (Wildman–Crippen MR) is 400 cm³/mol. The molecule has 33 nitrogen and oxygen atoms in total. The van der Waals surface area contributed by atoms with Crippen LogP contribution in [0.1, 0.15) is 73.6 Å². The number of hydrogen-bond acceptors (Lipinski definition) is 21. The minimum absolute atomic E-state index is 0.00217. The molecule has 6 aromatic heterocycles. The van der Waals surface area contributed by atoms with E-state index in [1.54, 1.807) is 95.1 Å². The van der Waals surface area contributed by atoms with E-state index >= 15 is 0 Å². The van der Waals surface area contributed by atoms with Crippen molar-refractivity contribution in [2.24, 2.45) is 33.0 Å². The van der Waals surface area contributed by atoms with E-state index in [0.717, 1.165) is 32.6 Å². The molecule has 0 bridgehead atoms. The molecule has 1 aliphatic rings. The van der Waals surface area contributed by atoms with Crippen LogP contribution in [-0.2, 0) is 58.1 Å². The standard InChI is InChI=1S/C20H28N4O4.C16H26N4O4.C12H13N3O5.C11H11NO.C10H9NO.C4H5N3O2/c1-14(2)19(25)12-23(10-8-21-15(3)4)20(26)13-22-9-7-16-11-17(24(27)28)5-6-18(16)22;1-12(2)15(21)10-19(8-6-17-13(3)4)16(22)11-18-7-5-14(9-18)20(23)24;16-6-11-10(17)4-12(20-11)14-9-2-1-8(15(18)19)3-7(9)5-13-14;1-8-4-3-5-9-6-7-12(2)11(13)10(8)9;1-11-7-6-8-4-2-3-5-9(8)10(11)12;1-6-2-4(5-3-6)7(8)9/h5-7,9,11,14-15,21H,8,10,12-13H2,1-4H3;5,7,9,12-13,17H,6,8,10-11H2,1-4H3;1-3,5,10-12,16-17H,4,6H2;3-7H,1-2H3;2-7H,1H3;2-3H,1H3. The lowest BCUT2D eigenvalue weighted by atomic mass is 10.1. The number of imidazole rings is 1. The van der Waals surface area contributed by atoms with Gasteiger partial charge in [-0.05, 0) is 69.6 Å². The van der Waals surface area contributed by atoms with Crippen LogP contribution in [-0.4, -0.2) is 171 Å². The Balaban J connectivity index is 0.000000206. The fourth-order valence-electron chi connectivity index (χ4n) is 10.6. The van der Waals surface area contributed by atoms with Crippen LogP contribution in [0, 0.1) is 59.2 Å². The number of amides is 2. The van der Waals surface area contributed by atoms with E-state index in [1.165, 1.54) is 75.5 Å². The Morgan fingerprint density at radius 1 is 0.613 bits per heavy atom. The van der Waals surface area contributed by atoms with Crippen molar-refractivity contribution < 1.29 is 53.8 Å². The number of carbonyl (C=O) groups is 4. The highest BCUT2D eigenvalue weighted by Crippen LogP contribution is 2.32. The number of aliphatic hydroxyl groups is 2. The molecule has 566 valence electrons. The summed E-state index contributed by atoms with van der Waals surface area (Å²) >= 11 is 0. The monoisotopic (exact) mass is 1460 g/mol. The summed E-state index contributed by atoms with van der Waals surface area (Å²) in [5.41, 5.74) is 2.57. The van der Waals surface area contributed by atoms with Crippen LogP contribution in [0.5, 0.6) is 0 Å². The number of aliphatic hydroxyl groups excluding tert-OH is 2. The number of non-ortho nitro benzene ring substituents is 2. The van der Waals surface area contributed by atoms with Crippen LogP contribution in [0.2, 0.25) is 0 Å². The molecule has 1 saturated heterocycles. The molecular weight excluding hydrogens is 1370 g/mol. The zero-order chi connectivity index (χ0) is 78.2. The maximum atomic E-state index is 12.9. The number of pyridine rings is 2. The summed E-state index contributed by atoms with van der Waals surface area (Å²) in [7, 11) is 5.21. The van der Waals surface area contributed by atoms with E-state index in [4.69, 9.17) is 9.84 Å². The molecule has 7 heterocycles. The van der Waals surface area contributed by atoms with Gasteiger partial charge < -0.3 is 68.3 Å². The molecule has 3 unspecified atom stereocenters. The van der Waals surface area contributed by atoms with E-state index < -0.39 is 38.1 Å². The number of nitro groups is 4. The summed E-state index contributed by atoms with van der Waals surface area (Å²) in [5.74, 6) is -0.780. The summed E-state index contributed by atoms with van der Waals surface area (Å²) in [4.78, 5) is 120. The molecule has 33 heteroatoms. The quantitative estimate of drug-likeness (QED) is 0.0326. The van der Waals surface area contributed by atoms with Gasteiger partial charge >= 0.3 is 5.82 Å². The maximum absolute atomic E-state index is 12.9. The number of benzene rings is 4. The van der Waals surface area contributed by atoms with Gasteiger partial charge in [0.05, 0.1) is 63.9 Å². The number of rotatable bonds is 24. The smallest absolute Gasteiger partial charge is 0.381 e. The number of fused-ring (bicyclic) bond motifs is 4. The Morgan fingerprint density at radius 3 is 1.67 bits per heavy atom. The van der Waals surface area contributed by atoms with Gasteiger partial charge in [-0.3, -0.25) is 59.1 Å². The highest BCUT2D eigenvalue weighted by molar-refractivity contribution is 5.90. The summed E-state index contributed by atoms with van der Waals surface area (Å²) in [6, 6.07) is 30.1. The van der Waals surface area contributed by atoms with Crippen molar-refractivity contribution >= 4 is 89.6 Å². The Kier molecular flexibility index (Phi) is 31.0. The highest BCUT2D eigenvalue weighted by Gasteiger charge is 2.35. The first-order chi connectivity index (χ1) is 50.2. The number of ether oxygens (including phenoxy) is 1. The number of nitro benzene ring substituents is 2. The van der Waals surface area contributed by atoms with Crippen LogP contribution < -0.4 is 21.8 Å². The Morgan fingerprint density at radius 2 is 1.15 bits per heavy atom. The second-order valence-electron chi connectivity index (χ2n) is 26.3. The van der Waals surface area contributed by atoms with Gasteiger partial charge in [-0.25, -0.2) is 4.68 Å². The van der Waals surface area contributed by atoms with Gasteiger partial charge in [-0.2, -0.15) is 5.10 Å². The highest BCUT2D eigenvalue weighted by atomic mass is 16.6. The molecule has 0 saturated carbocycles. The molecule has 0 spiro atoms. The Hall–Kier alpha value is -11.5. The van der Waals surface area contributed by atoms with Gasteiger partial charge in [0, 0.05) is 154 Å². The number of Topliss-reactive ketones (excluding diaryl/α,β-unsaturated/α-hetero) is 2. The van der Waals surface area contributed by atoms with E-state index in [2.05, 4.69) is 20.7 Å². The van der Waals surface area contributed by atoms with Crippen LogP contribution in [0.15, 0.2) is 162 Å². The molecule has 4 N–H and O–H groups in total. The maximum Gasteiger partial charge on any atom is 0.381 e. The normalized spacial score (nSPS) is 13.7. The van der Waals surface area contributed by atoms with Crippen LogP contribution in [0.3, 0.4) is 0 Å². The SMILES string of the molecule is CC(C)NCCN(CC(=O)C(C)C)C(=O)Cn1ccc([N+](=O)[O-])c1.CC(C)NCCN(CC(=O)C(C)C)C(=O)Cn1ccc2cc([N+](=O)[O-])ccc21.Cc1cccc2ccn(C)c(=O)c12.Cn1ccc2ccccc2c1=O.Cn1cnc([N+](=O)[O-])c1.O=[N+]([O-])c1ccc2c(cnn2C2CC(O)C(CO)O2)c1. The number of aryl methyl sites for hydroxylation is 4. The summed E-state index contributed by atoms with van der Waals surface area (Å²) < 4.78 is 15.0. The number of aromatic nitrogens is 8. The summed E-state index contributed by atoms with van der Waals surface area (Å²) in [5, 5.41) is 76.7. The molecular formula is C73H92N16O17. The van der Waals surface area contributed by atoms with E-state index in [1.807, 2.05) is 103 Å². The molecule has 1 aliphatic heterocycles. The van der Waals surface area contributed by atoms with E-state index in [9.17, 15) is 74.3 Å². The third-order valence-corrected chi connectivity index (χ3v) is 16.7. The molecule has 10 aromatic rings. The lowest BCUT2D eigenvalue weighted by Gasteiger charge is -2.24. The third-order valence-electron chi connectivity index (χ3n) is 16.7. The van der Waals surface area contributed by atoms with Crippen molar-refractivity contribution in [3.63, 3.8) is 0 Å². The average molecular weight is 1470 g/mol. The van der Waals surface area contributed by atoms with Crippen molar-refractivity contribution in [3.8, 4) is 0 Å². The van der Waals surface area contributed by atoms with E-state index in [-0.39, 0.29) is 108 Å². The molecule has 11 rings (SSSR count). The number of ketones is 2. The summed E-state index contributed by atoms with van der Waals surface area (Å²) in [6.45, 7) is 19.2. The van der Waals surface area contributed by atoms with Crippen LogP contribution in [0.4, 0.5) is 22.9 Å². The second-order valence-corrected chi connectivity index (χ2v) is 26.3. The fourth-order valence-corrected chi connectivity index (χ4v) is 10.6. The van der Waals surface area contributed by atoms with Gasteiger partial charge in [-0.15, -0.1) is 0 Å². The molecule has 4 aromatic carbocycles. The first kappa shape index (κ1) is 83.4. The number of carbonyl (C=O) groups excluding carboxylic acids is 4. The zero-order valence-corrected chi connectivity index (χ0v) is 61.3. The topological polar surface area (TPSA) is 411 Å². The molecule has 0 aliphatic carbocycles. The predicted octanol–water partition coefficient (Wildman–Crippen LogP) is 8.35. The summed E-state index contributed by atoms with van der Waals surface area (Å²) in [6.07, 6.45) is 10.8. The van der Waals surface area contributed by atoms with Crippen molar-refractivity contribution in [2.75, 3.05) is 45.9 Å². The van der Waals surface area contributed by atoms with Crippen LogP contribution >= 0.6 is 0 Å². The number of nitrogens with one attached hydrogen (secondary N) is 2. The number of hydrogen-bond donors (Lipinski definition) is 4. The average Bonchev–Trinajstić information content (AvgIpc) is 1.68. The van der Waals surface area contributed by atoms with Crippen molar-refractivity contribution in [3.05, 3.63) is 220 Å². The molecule has 2 amide bonds. The number of nitrogens with zero attached hydrogens (tertiary/aromatic N) is 14. The Bertz CT molecular complexity index is 4820. The van der Waals surface area contributed by atoms with Crippen molar-refractivity contribution in [1.29, 1.82) is 0 Å². The second kappa shape index (κ2) is 39.4. The largest absolute Gasteiger partial charge is 0.394 e. The van der Waals surface area contributed by atoms with Gasteiger partial charge in [0.1, 0.15) is 25.4 Å². The molecule has 106 heavy (non-hydrogen) atoms. The van der Waals surface area contributed by atoms with Gasteiger partial charge in [0.15, 0.2) is 17.8 Å². The minimum atomic E-state index is -0.748.